The number of hydrogen-bond acceptors (Lipinski definition) is 5. The minimum absolute atomic E-state index is 0. The van der Waals surface area contributed by atoms with E-state index in [1.165, 1.54) is 19.2 Å². The van der Waals surface area contributed by atoms with Gasteiger partial charge in [-0.3, -0.25) is 0 Å². The third-order valence-corrected chi connectivity index (χ3v) is 3.40. The van der Waals surface area contributed by atoms with Crippen LogP contribution in [0.25, 0.3) is 0 Å². The smallest absolute Gasteiger partial charge is 0.446 e. The summed E-state index contributed by atoms with van der Waals surface area (Å²) < 4.78 is 34.6. The van der Waals surface area contributed by atoms with Crippen molar-refractivity contribution < 1.29 is 52.2 Å². The first-order valence-corrected chi connectivity index (χ1v) is 6.69. The Morgan fingerprint density at radius 3 is 2.32 bits per heavy atom. The van der Waals surface area contributed by atoms with Crippen molar-refractivity contribution in [2.45, 2.75) is 11.8 Å². The minimum Gasteiger partial charge on any atom is -0.446 e. The summed E-state index contributed by atoms with van der Waals surface area (Å²) in [5, 5.41) is 0. The molecule has 0 aliphatic carbocycles. The molecule has 0 saturated carbocycles. The van der Waals surface area contributed by atoms with Crippen molar-refractivity contribution in [1.29, 1.82) is 0 Å². The molecule has 0 aliphatic heterocycles. The number of rotatable bonds is 5. The summed E-state index contributed by atoms with van der Waals surface area (Å²) in [4.78, 5) is 11.2. The molecule has 0 atom stereocenters. The van der Waals surface area contributed by atoms with E-state index in [1.54, 1.807) is 16.9 Å². The van der Waals surface area contributed by atoms with Gasteiger partial charge in [-0.15, -0.1) is 0 Å². The molecule has 6 nitrogen and oxygen atoms in total. The van der Waals surface area contributed by atoms with Gasteiger partial charge in [0.15, 0.2) is 0 Å². The number of carbonyl (C=O) groups is 1. The summed E-state index contributed by atoms with van der Waals surface area (Å²) in [7, 11) is -2.43. The molecule has 0 spiro atoms. The average molecular weight is 296 g/mol. The van der Waals surface area contributed by atoms with E-state index in [9.17, 15) is 13.2 Å². The molecule has 100 valence electrons. The van der Waals surface area contributed by atoms with E-state index in [0.717, 1.165) is 5.56 Å². The molecular weight excluding hydrogens is 281 g/mol. The van der Waals surface area contributed by atoms with Crippen molar-refractivity contribution in [3.63, 3.8) is 0 Å². The average Bonchev–Trinajstić information content (AvgIpc) is 2.29. The zero-order valence-corrected chi connectivity index (χ0v) is 14.0. The number of benzene rings is 1. The summed E-state index contributed by atoms with van der Waals surface area (Å²) >= 11 is 0. The maximum Gasteiger partial charge on any atom is 1.00 e. The minimum atomic E-state index is -3.88. The molecule has 1 N–H and O–H groups in total. The molecule has 0 fully saturated rings. The van der Waals surface area contributed by atoms with Crippen molar-refractivity contribution in [2.24, 2.45) is 0 Å². The molecule has 1 amide bonds. The molecule has 1 aromatic rings. The first-order chi connectivity index (χ1) is 8.45. The van der Waals surface area contributed by atoms with E-state index >= 15 is 0 Å². The third-order valence-electron chi connectivity index (χ3n) is 2.07. The van der Waals surface area contributed by atoms with E-state index in [2.05, 4.69) is 9.47 Å². The van der Waals surface area contributed by atoms with Gasteiger partial charge in [0.05, 0.1) is 11.5 Å². The molecule has 0 saturated heterocycles. The monoisotopic (exact) mass is 296 g/mol. The van der Waals surface area contributed by atoms with Crippen molar-refractivity contribution in [3.05, 3.63) is 29.8 Å². The van der Waals surface area contributed by atoms with Crippen LogP contribution in [-0.2, 0) is 19.5 Å². The number of hydrogen-bond donors (Lipinski definition) is 1. The molecule has 19 heavy (non-hydrogen) atoms. The predicted octanol–water partition coefficient (Wildman–Crippen LogP) is -1.94. The molecule has 0 aromatic heterocycles. The van der Waals surface area contributed by atoms with Gasteiger partial charge >= 0.3 is 35.7 Å². The van der Waals surface area contributed by atoms with Crippen LogP contribution in [-0.4, -0.2) is 34.8 Å². The van der Waals surface area contributed by atoms with Gasteiger partial charge in [-0.1, -0.05) is 17.7 Å². The summed E-state index contributed by atoms with van der Waals surface area (Å²) in [6.45, 7) is 2.03. The van der Waals surface area contributed by atoms with Crippen LogP contribution in [0.2, 0.25) is 0 Å². The predicted molar refractivity (Wildman–Crippen MR) is 64.7 cm³/mol. The van der Waals surface area contributed by atoms with Crippen LogP contribution in [0.4, 0.5) is 4.79 Å². The normalized spacial score (nSPS) is 10.4. The Labute approximate surface area is 134 Å². The fraction of sp³-hybridized carbons (Fsp3) is 0.364. The van der Waals surface area contributed by atoms with E-state index in [1.807, 2.05) is 6.92 Å². The molecule has 0 radical (unpaired) electrons. The molecule has 0 heterocycles. The molecule has 0 aliphatic rings. The summed E-state index contributed by atoms with van der Waals surface area (Å²) in [6, 6.07) is 6.12. The standard InChI is InChI=1S/C11H15NO5S.Na/c1-9-3-5-10(6-4-9)18(14,15)12-11(13)17-8-7-16-2;/h3-6H,7-8H2,1-2H3,(H,12,13);/q;+1. The van der Waals surface area contributed by atoms with Gasteiger partial charge in [-0.2, -0.15) is 0 Å². The Kier molecular flexibility index (Phi) is 8.28. The molecule has 8 heteroatoms. The van der Waals surface area contributed by atoms with Gasteiger partial charge in [0.1, 0.15) is 6.61 Å². The van der Waals surface area contributed by atoms with Crippen molar-refractivity contribution in [2.75, 3.05) is 20.3 Å². The van der Waals surface area contributed by atoms with E-state index in [4.69, 9.17) is 0 Å². The zero-order valence-electron chi connectivity index (χ0n) is 11.2. The zero-order chi connectivity index (χ0) is 13.6. The van der Waals surface area contributed by atoms with Gasteiger partial charge in [0, 0.05) is 7.11 Å². The molecular formula is C11H15NNaO5S+. The summed E-state index contributed by atoms with van der Waals surface area (Å²) in [5.41, 5.74) is 0.927. The van der Waals surface area contributed by atoms with Crippen molar-refractivity contribution in [3.8, 4) is 0 Å². The second-order valence-corrected chi connectivity index (χ2v) is 5.23. The number of amides is 1. The SMILES string of the molecule is COCCOC(=O)NS(=O)(=O)c1ccc(C)cc1.[Na+]. The number of sulfonamides is 1. The molecule has 1 aromatic carbocycles. The van der Waals surface area contributed by atoms with Gasteiger partial charge in [-0.05, 0) is 19.1 Å². The fourth-order valence-electron chi connectivity index (χ4n) is 1.13. The number of aryl methyl sites for hydroxylation is 1. The molecule has 0 bridgehead atoms. The summed E-state index contributed by atoms with van der Waals surface area (Å²) in [5.74, 6) is 0. The second kappa shape index (κ2) is 8.55. The largest absolute Gasteiger partial charge is 1.00 e. The van der Waals surface area contributed by atoms with Gasteiger partial charge < -0.3 is 9.47 Å². The van der Waals surface area contributed by atoms with Crippen LogP contribution >= 0.6 is 0 Å². The van der Waals surface area contributed by atoms with Crippen LogP contribution in [0.3, 0.4) is 0 Å². The van der Waals surface area contributed by atoms with E-state index in [-0.39, 0.29) is 47.7 Å². The van der Waals surface area contributed by atoms with Crippen molar-refractivity contribution in [1.82, 2.24) is 4.72 Å². The van der Waals surface area contributed by atoms with Gasteiger partial charge in [0.25, 0.3) is 10.0 Å². The van der Waals surface area contributed by atoms with Crippen molar-refractivity contribution >= 4 is 16.1 Å². The molecule has 0 unspecified atom stereocenters. The first-order valence-electron chi connectivity index (χ1n) is 5.21. The number of nitrogens with one attached hydrogen (secondary N) is 1. The van der Waals surface area contributed by atoms with Gasteiger partial charge in [0.2, 0.25) is 0 Å². The quantitative estimate of drug-likeness (QED) is 0.505. The van der Waals surface area contributed by atoms with Gasteiger partial charge in [-0.25, -0.2) is 17.9 Å². The Morgan fingerprint density at radius 1 is 1.21 bits per heavy atom. The molecule has 1 rings (SSSR count). The first kappa shape index (κ1) is 18.4. The van der Waals surface area contributed by atoms with Crippen LogP contribution in [0.5, 0.6) is 0 Å². The second-order valence-electron chi connectivity index (χ2n) is 3.55. The maximum atomic E-state index is 11.7. The van der Waals surface area contributed by atoms with Crippen LogP contribution in [0, 0.1) is 6.92 Å². The maximum absolute atomic E-state index is 11.7. The summed E-state index contributed by atoms with van der Waals surface area (Å²) in [6.07, 6.45) is -1.02. The van der Waals surface area contributed by atoms with Crippen LogP contribution < -0.4 is 34.3 Å². The Hall–Kier alpha value is -0.600. The van der Waals surface area contributed by atoms with E-state index < -0.39 is 16.1 Å². The Balaban J connectivity index is 0.00000324. The fourth-order valence-corrected chi connectivity index (χ4v) is 2.02. The van der Waals surface area contributed by atoms with E-state index in [0.29, 0.717) is 0 Å². The Morgan fingerprint density at radius 2 is 1.79 bits per heavy atom. The van der Waals surface area contributed by atoms with Crippen LogP contribution in [0.15, 0.2) is 29.2 Å². The topological polar surface area (TPSA) is 81.7 Å². The third kappa shape index (κ3) is 6.40. The Bertz CT molecular complexity index is 500. The number of ether oxygens (including phenoxy) is 2. The number of carbonyl (C=O) groups excluding carboxylic acids is 1. The van der Waals surface area contributed by atoms with Crippen LogP contribution in [0.1, 0.15) is 5.56 Å². The number of methoxy groups -OCH3 is 1.